The highest BCUT2D eigenvalue weighted by Crippen LogP contribution is 2.10. The average molecular weight is 216 g/mol. The molecule has 1 atom stereocenters. The third kappa shape index (κ3) is 11.8. The Hall–Kier alpha value is -0.0800. The van der Waals surface area contributed by atoms with Crippen LogP contribution in [0.1, 0.15) is 64.7 Å². The summed E-state index contributed by atoms with van der Waals surface area (Å²) in [4.78, 5) is 0. The van der Waals surface area contributed by atoms with E-state index in [1.807, 2.05) is 0 Å². The van der Waals surface area contributed by atoms with E-state index in [0.717, 1.165) is 12.8 Å². The van der Waals surface area contributed by atoms with Crippen molar-refractivity contribution < 1.29 is 9.84 Å². The summed E-state index contributed by atoms with van der Waals surface area (Å²) in [6.45, 7) is 2.73. The Bertz CT molecular complexity index is 115. The van der Waals surface area contributed by atoms with Crippen LogP contribution >= 0.6 is 0 Å². The van der Waals surface area contributed by atoms with Crippen molar-refractivity contribution in [2.75, 3.05) is 13.7 Å². The molecule has 1 N–H and O–H groups in total. The van der Waals surface area contributed by atoms with Gasteiger partial charge in [-0.15, -0.1) is 0 Å². The normalized spacial score (nSPS) is 13.0. The van der Waals surface area contributed by atoms with Crippen molar-refractivity contribution in [3.8, 4) is 0 Å². The van der Waals surface area contributed by atoms with E-state index >= 15 is 0 Å². The molecule has 0 aliphatic heterocycles. The molecule has 0 heterocycles. The highest BCUT2D eigenvalue weighted by molar-refractivity contribution is 4.54. The summed E-state index contributed by atoms with van der Waals surface area (Å²) in [6, 6.07) is 0. The Morgan fingerprint density at radius 2 is 1.47 bits per heavy atom. The first-order chi connectivity index (χ1) is 7.31. The number of rotatable bonds is 11. The molecule has 2 heteroatoms. The maximum absolute atomic E-state index is 9.40. The van der Waals surface area contributed by atoms with Crippen LogP contribution in [0.5, 0.6) is 0 Å². The zero-order valence-electron chi connectivity index (χ0n) is 10.5. The van der Waals surface area contributed by atoms with Gasteiger partial charge in [0.25, 0.3) is 0 Å². The van der Waals surface area contributed by atoms with Crippen LogP contribution in [0.25, 0.3) is 0 Å². The average Bonchev–Trinajstić information content (AvgIpc) is 2.22. The smallest absolute Gasteiger partial charge is 0.0773 e. The zero-order valence-corrected chi connectivity index (χ0v) is 10.5. The van der Waals surface area contributed by atoms with Crippen molar-refractivity contribution in [3.63, 3.8) is 0 Å². The van der Waals surface area contributed by atoms with Gasteiger partial charge in [0, 0.05) is 7.11 Å². The molecule has 0 fully saturated rings. The standard InChI is InChI=1S/C13H28O2/c1-3-4-5-6-7-8-9-10-11-13(14)12-15-2/h13-14H,3-12H2,1-2H3. The van der Waals surface area contributed by atoms with Crippen molar-refractivity contribution >= 4 is 0 Å². The van der Waals surface area contributed by atoms with Crippen molar-refractivity contribution in [2.24, 2.45) is 0 Å². The molecule has 0 amide bonds. The topological polar surface area (TPSA) is 29.5 Å². The SMILES string of the molecule is CCCCCCCCCCC(O)COC. The van der Waals surface area contributed by atoms with Crippen LogP contribution < -0.4 is 0 Å². The Morgan fingerprint density at radius 3 is 2.00 bits per heavy atom. The van der Waals surface area contributed by atoms with E-state index in [-0.39, 0.29) is 6.10 Å². The van der Waals surface area contributed by atoms with Gasteiger partial charge < -0.3 is 9.84 Å². The predicted octanol–water partition coefficient (Wildman–Crippen LogP) is 3.52. The molecule has 0 aromatic rings. The van der Waals surface area contributed by atoms with Crippen LogP contribution in [-0.4, -0.2) is 24.9 Å². The lowest BCUT2D eigenvalue weighted by Gasteiger charge is -2.08. The summed E-state index contributed by atoms with van der Waals surface area (Å²) in [5.41, 5.74) is 0. The van der Waals surface area contributed by atoms with E-state index in [1.165, 1.54) is 44.9 Å². The molecule has 0 aliphatic rings. The van der Waals surface area contributed by atoms with E-state index in [1.54, 1.807) is 7.11 Å². The Balaban J connectivity index is 2.98. The summed E-state index contributed by atoms with van der Waals surface area (Å²) in [5.74, 6) is 0. The molecule has 0 radical (unpaired) electrons. The van der Waals surface area contributed by atoms with E-state index < -0.39 is 0 Å². The predicted molar refractivity (Wildman–Crippen MR) is 65.1 cm³/mol. The number of aliphatic hydroxyl groups is 1. The Labute approximate surface area is 95.0 Å². The number of unbranched alkanes of at least 4 members (excludes halogenated alkanes) is 7. The minimum atomic E-state index is -0.255. The molecule has 0 rings (SSSR count). The van der Waals surface area contributed by atoms with E-state index in [0.29, 0.717) is 6.61 Å². The van der Waals surface area contributed by atoms with E-state index in [4.69, 9.17) is 4.74 Å². The third-order valence-corrected chi connectivity index (χ3v) is 2.75. The number of hydrogen-bond donors (Lipinski definition) is 1. The summed E-state index contributed by atoms with van der Waals surface area (Å²) < 4.78 is 4.88. The summed E-state index contributed by atoms with van der Waals surface area (Å²) >= 11 is 0. The Morgan fingerprint density at radius 1 is 0.933 bits per heavy atom. The van der Waals surface area contributed by atoms with Gasteiger partial charge in [-0.1, -0.05) is 58.3 Å². The fourth-order valence-corrected chi connectivity index (χ4v) is 1.79. The van der Waals surface area contributed by atoms with Gasteiger partial charge in [0.05, 0.1) is 12.7 Å². The second kappa shape index (κ2) is 12.0. The van der Waals surface area contributed by atoms with Crippen molar-refractivity contribution in [1.82, 2.24) is 0 Å². The van der Waals surface area contributed by atoms with Gasteiger partial charge in [0.1, 0.15) is 0 Å². The van der Waals surface area contributed by atoms with Gasteiger partial charge in [-0.25, -0.2) is 0 Å². The molecule has 2 nitrogen and oxygen atoms in total. The van der Waals surface area contributed by atoms with Crippen LogP contribution in [0, 0.1) is 0 Å². The molecule has 1 unspecified atom stereocenters. The van der Waals surface area contributed by atoms with Crippen LogP contribution in [0.2, 0.25) is 0 Å². The molecule has 15 heavy (non-hydrogen) atoms. The highest BCUT2D eigenvalue weighted by Gasteiger charge is 2.01. The lowest BCUT2D eigenvalue weighted by atomic mass is 10.1. The van der Waals surface area contributed by atoms with Gasteiger partial charge >= 0.3 is 0 Å². The number of methoxy groups -OCH3 is 1. The fourth-order valence-electron chi connectivity index (χ4n) is 1.79. The summed E-state index contributed by atoms with van der Waals surface area (Å²) in [5, 5.41) is 9.40. The summed E-state index contributed by atoms with van der Waals surface area (Å²) in [6.07, 6.45) is 11.2. The van der Waals surface area contributed by atoms with E-state index in [9.17, 15) is 5.11 Å². The molecular formula is C13H28O2. The molecule has 0 bridgehead atoms. The van der Waals surface area contributed by atoms with Crippen LogP contribution in [0.4, 0.5) is 0 Å². The minimum Gasteiger partial charge on any atom is -0.391 e. The molecule has 0 aliphatic carbocycles. The summed E-state index contributed by atoms with van der Waals surface area (Å²) in [7, 11) is 1.64. The maximum atomic E-state index is 9.40. The van der Waals surface area contributed by atoms with Crippen LogP contribution in [0.15, 0.2) is 0 Å². The quantitative estimate of drug-likeness (QED) is 0.535. The van der Waals surface area contributed by atoms with Crippen LogP contribution in [-0.2, 0) is 4.74 Å². The second-order valence-corrected chi connectivity index (χ2v) is 4.37. The molecule has 0 aromatic heterocycles. The lowest BCUT2D eigenvalue weighted by molar-refractivity contribution is 0.0576. The number of ether oxygens (including phenoxy) is 1. The molecule has 0 saturated carbocycles. The van der Waals surface area contributed by atoms with Gasteiger partial charge in [0.2, 0.25) is 0 Å². The number of hydrogen-bond acceptors (Lipinski definition) is 2. The first-order valence-corrected chi connectivity index (χ1v) is 6.48. The van der Waals surface area contributed by atoms with Gasteiger partial charge in [-0.2, -0.15) is 0 Å². The van der Waals surface area contributed by atoms with Gasteiger partial charge in [0.15, 0.2) is 0 Å². The van der Waals surface area contributed by atoms with E-state index in [2.05, 4.69) is 6.92 Å². The van der Waals surface area contributed by atoms with Gasteiger partial charge in [-0.3, -0.25) is 0 Å². The minimum absolute atomic E-state index is 0.255. The molecular weight excluding hydrogens is 188 g/mol. The van der Waals surface area contributed by atoms with Gasteiger partial charge in [-0.05, 0) is 6.42 Å². The van der Waals surface area contributed by atoms with Crippen molar-refractivity contribution in [1.29, 1.82) is 0 Å². The first kappa shape index (κ1) is 14.9. The monoisotopic (exact) mass is 216 g/mol. The largest absolute Gasteiger partial charge is 0.391 e. The molecule has 92 valence electrons. The number of aliphatic hydroxyl groups excluding tert-OH is 1. The van der Waals surface area contributed by atoms with Crippen LogP contribution in [0.3, 0.4) is 0 Å². The lowest BCUT2D eigenvalue weighted by Crippen LogP contribution is -2.13. The van der Waals surface area contributed by atoms with Crippen molar-refractivity contribution in [3.05, 3.63) is 0 Å². The fraction of sp³-hybridized carbons (Fsp3) is 1.00. The maximum Gasteiger partial charge on any atom is 0.0773 e. The first-order valence-electron chi connectivity index (χ1n) is 6.48. The molecule has 0 aromatic carbocycles. The highest BCUT2D eigenvalue weighted by atomic mass is 16.5. The molecule has 0 saturated heterocycles. The zero-order chi connectivity index (χ0) is 11.4. The molecule has 0 spiro atoms. The third-order valence-electron chi connectivity index (χ3n) is 2.75. The Kier molecular flexibility index (Phi) is 11.9. The van der Waals surface area contributed by atoms with Crippen molar-refractivity contribution in [2.45, 2.75) is 70.8 Å². The second-order valence-electron chi connectivity index (χ2n) is 4.37.